The lowest BCUT2D eigenvalue weighted by Crippen LogP contribution is -2.22. The summed E-state index contributed by atoms with van der Waals surface area (Å²) in [6, 6.07) is 40.9. The van der Waals surface area contributed by atoms with E-state index in [2.05, 4.69) is 165 Å². The first-order chi connectivity index (χ1) is 21.5. The minimum absolute atomic E-state index is 0.138. The molecule has 0 unspecified atom stereocenters. The molecule has 3 heteroatoms. The molecule has 5 aromatic carbocycles. The second kappa shape index (κ2) is 12.6. The van der Waals surface area contributed by atoms with Gasteiger partial charge >= 0.3 is 0 Å². The fourth-order valence-electron chi connectivity index (χ4n) is 7.08. The van der Waals surface area contributed by atoms with Crippen molar-refractivity contribution in [1.29, 1.82) is 0 Å². The summed E-state index contributed by atoms with van der Waals surface area (Å²) >= 11 is 0. The quantitative estimate of drug-likeness (QED) is 0.150. The van der Waals surface area contributed by atoms with E-state index in [-0.39, 0.29) is 5.92 Å². The molecule has 0 saturated heterocycles. The molecule has 0 fully saturated rings. The van der Waals surface area contributed by atoms with Crippen molar-refractivity contribution in [1.82, 2.24) is 4.57 Å². The predicted octanol–water partition coefficient (Wildman–Crippen LogP) is 10.3. The van der Waals surface area contributed by atoms with Gasteiger partial charge in [0.15, 0.2) is 0 Å². The summed E-state index contributed by atoms with van der Waals surface area (Å²) in [4.78, 5) is 4.85. The highest BCUT2D eigenvalue weighted by atomic mass is 15.1. The number of para-hydroxylation sites is 2. The average molecular weight is 580 g/mol. The van der Waals surface area contributed by atoms with E-state index in [1.807, 2.05) is 0 Å². The first-order valence-corrected chi connectivity index (χ1v) is 16.3. The molecule has 0 aliphatic rings. The van der Waals surface area contributed by atoms with E-state index in [4.69, 9.17) is 0 Å². The maximum atomic E-state index is 2.43. The number of nitrogens with zero attached hydrogens (tertiary/aromatic N) is 3. The van der Waals surface area contributed by atoms with Crippen LogP contribution in [0.1, 0.15) is 61.4 Å². The van der Waals surface area contributed by atoms with Crippen molar-refractivity contribution in [2.45, 2.75) is 47.5 Å². The predicted molar refractivity (Wildman–Crippen MR) is 191 cm³/mol. The zero-order chi connectivity index (χ0) is 30.8. The van der Waals surface area contributed by atoms with Crippen LogP contribution in [-0.2, 0) is 0 Å². The molecule has 1 aromatic heterocycles. The summed E-state index contributed by atoms with van der Waals surface area (Å²) in [5, 5.41) is 2.58. The summed E-state index contributed by atoms with van der Waals surface area (Å²) in [6.07, 6.45) is 0. The van der Waals surface area contributed by atoms with Crippen LogP contribution in [0.4, 0.5) is 11.4 Å². The van der Waals surface area contributed by atoms with E-state index >= 15 is 0 Å². The normalized spacial score (nSPS) is 11.5. The molecular weight excluding hydrogens is 534 g/mol. The van der Waals surface area contributed by atoms with Crippen LogP contribution in [0.3, 0.4) is 0 Å². The average Bonchev–Trinajstić information content (AvgIpc) is 3.39. The Morgan fingerprint density at radius 1 is 0.523 bits per heavy atom. The Kier molecular flexibility index (Phi) is 8.48. The molecule has 0 saturated carbocycles. The summed E-state index contributed by atoms with van der Waals surface area (Å²) in [5.74, 6) is 0.138. The van der Waals surface area contributed by atoms with Crippen molar-refractivity contribution in [3.63, 3.8) is 0 Å². The van der Waals surface area contributed by atoms with Crippen LogP contribution < -0.4 is 9.80 Å². The van der Waals surface area contributed by atoms with Crippen molar-refractivity contribution in [3.8, 4) is 5.69 Å². The molecule has 0 aliphatic carbocycles. The van der Waals surface area contributed by atoms with Gasteiger partial charge in [-0.2, -0.15) is 0 Å². The maximum Gasteiger partial charge on any atom is 0.0541 e. The van der Waals surface area contributed by atoms with E-state index in [1.165, 1.54) is 66.7 Å². The minimum atomic E-state index is 0.138. The SMILES string of the molecule is CCN(CC)c1ccc(C(c2ccc(-n3c4ccccc4c4ccccc43)cc2)c2ccc(N(CC)CC)cc2C)c(C)c1. The van der Waals surface area contributed by atoms with Crippen LogP contribution >= 0.6 is 0 Å². The van der Waals surface area contributed by atoms with Crippen LogP contribution in [0.5, 0.6) is 0 Å². The topological polar surface area (TPSA) is 11.4 Å². The van der Waals surface area contributed by atoms with Gasteiger partial charge in [-0.25, -0.2) is 0 Å². The highest BCUT2D eigenvalue weighted by Gasteiger charge is 2.22. The zero-order valence-corrected chi connectivity index (χ0v) is 27.1. The monoisotopic (exact) mass is 579 g/mol. The smallest absolute Gasteiger partial charge is 0.0541 e. The van der Waals surface area contributed by atoms with Gasteiger partial charge in [0.05, 0.1) is 11.0 Å². The van der Waals surface area contributed by atoms with E-state index in [9.17, 15) is 0 Å². The second-order valence-electron chi connectivity index (χ2n) is 11.8. The van der Waals surface area contributed by atoms with Crippen LogP contribution in [0, 0.1) is 13.8 Å². The van der Waals surface area contributed by atoms with E-state index in [0.717, 1.165) is 26.2 Å². The van der Waals surface area contributed by atoms with Crippen LogP contribution in [0.15, 0.2) is 109 Å². The number of hydrogen-bond acceptors (Lipinski definition) is 2. The fraction of sp³-hybridized carbons (Fsp3) is 0.268. The molecule has 1 heterocycles. The highest BCUT2D eigenvalue weighted by Crippen LogP contribution is 2.39. The first kappa shape index (κ1) is 29.6. The zero-order valence-electron chi connectivity index (χ0n) is 27.1. The van der Waals surface area contributed by atoms with Crippen molar-refractivity contribution < 1.29 is 0 Å². The van der Waals surface area contributed by atoms with Crippen LogP contribution in [0.2, 0.25) is 0 Å². The molecule has 0 bridgehead atoms. The molecule has 44 heavy (non-hydrogen) atoms. The second-order valence-corrected chi connectivity index (χ2v) is 11.8. The summed E-state index contributed by atoms with van der Waals surface area (Å²) < 4.78 is 2.40. The van der Waals surface area contributed by atoms with Gasteiger partial charge in [0.25, 0.3) is 0 Å². The molecular formula is C41H45N3. The third kappa shape index (κ3) is 5.26. The molecule has 0 atom stereocenters. The number of benzene rings is 5. The summed E-state index contributed by atoms with van der Waals surface area (Å²) in [6.45, 7) is 17.5. The lowest BCUT2D eigenvalue weighted by atomic mass is 9.81. The van der Waals surface area contributed by atoms with Gasteiger partial charge in [0.2, 0.25) is 0 Å². The van der Waals surface area contributed by atoms with Gasteiger partial charge in [-0.05, 0) is 118 Å². The molecule has 0 spiro atoms. The first-order valence-electron chi connectivity index (χ1n) is 16.3. The molecule has 0 N–H and O–H groups in total. The molecule has 0 amide bonds. The van der Waals surface area contributed by atoms with Crippen LogP contribution in [-0.4, -0.2) is 30.7 Å². The number of anilines is 2. The lowest BCUT2D eigenvalue weighted by molar-refractivity contribution is 0.859. The molecule has 6 rings (SSSR count). The van der Waals surface area contributed by atoms with Gasteiger partial charge in [0, 0.05) is 59.9 Å². The molecule has 6 aromatic rings. The Bertz CT molecular complexity index is 1770. The van der Waals surface area contributed by atoms with E-state index < -0.39 is 0 Å². The van der Waals surface area contributed by atoms with Gasteiger partial charge < -0.3 is 14.4 Å². The van der Waals surface area contributed by atoms with Gasteiger partial charge in [-0.15, -0.1) is 0 Å². The molecule has 0 aliphatic heterocycles. The van der Waals surface area contributed by atoms with Crippen molar-refractivity contribution >= 4 is 33.2 Å². The number of hydrogen-bond donors (Lipinski definition) is 0. The van der Waals surface area contributed by atoms with Crippen LogP contribution in [0.25, 0.3) is 27.5 Å². The highest BCUT2D eigenvalue weighted by molar-refractivity contribution is 6.09. The van der Waals surface area contributed by atoms with Crippen molar-refractivity contribution in [2.75, 3.05) is 36.0 Å². The third-order valence-corrected chi connectivity index (χ3v) is 9.45. The van der Waals surface area contributed by atoms with Gasteiger partial charge in [-0.1, -0.05) is 60.7 Å². The van der Waals surface area contributed by atoms with E-state index in [1.54, 1.807) is 0 Å². The molecule has 0 radical (unpaired) electrons. The standard InChI is InChI=1S/C41H45N3/c1-7-42(8-2)33-23-25-35(29(5)27-33)41(36-26-24-34(28-30(36)6)43(9-3)10-4)31-19-21-32(22-20-31)44-39-17-13-11-15-37(39)38-16-12-14-18-40(38)44/h11-28,41H,7-10H2,1-6H3. The Morgan fingerprint density at radius 3 is 1.36 bits per heavy atom. The molecule has 3 nitrogen and oxygen atoms in total. The molecule has 224 valence electrons. The summed E-state index contributed by atoms with van der Waals surface area (Å²) in [7, 11) is 0. The Labute approximate surface area is 263 Å². The Hall–Kier alpha value is -4.50. The van der Waals surface area contributed by atoms with Crippen molar-refractivity contribution in [2.24, 2.45) is 0 Å². The largest absolute Gasteiger partial charge is 0.372 e. The van der Waals surface area contributed by atoms with Crippen molar-refractivity contribution in [3.05, 3.63) is 137 Å². The van der Waals surface area contributed by atoms with Gasteiger partial charge in [-0.3, -0.25) is 0 Å². The minimum Gasteiger partial charge on any atom is -0.372 e. The Balaban J connectivity index is 1.49. The fourth-order valence-corrected chi connectivity index (χ4v) is 7.08. The number of aromatic nitrogens is 1. The number of fused-ring (bicyclic) bond motifs is 3. The number of aryl methyl sites for hydroxylation is 2. The Morgan fingerprint density at radius 2 is 0.955 bits per heavy atom. The lowest BCUT2D eigenvalue weighted by Gasteiger charge is -2.27. The third-order valence-electron chi connectivity index (χ3n) is 9.45. The van der Waals surface area contributed by atoms with E-state index in [0.29, 0.717) is 0 Å². The van der Waals surface area contributed by atoms with Gasteiger partial charge in [0.1, 0.15) is 0 Å². The summed E-state index contributed by atoms with van der Waals surface area (Å²) in [5.41, 5.74) is 13.0. The number of rotatable bonds is 10. The maximum absolute atomic E-state index is 2.43.